The van der Waals surface area contributed by atoms with Gasteiger partial charge in [-0.05, 0) is 61.5 Å². The number of aryl methyl sites for hydroxylation is 1. The summed E-state index contributed by atoms with van der Waals surface area (Å²) in [5.41, 5.74) is 2.69. The minimum Gasteiger partial charge on any atom is -0.350 e. The second-order valence-electron chi connectivity index (χ2n) is 7.25. The molecule has 3 amide bonds. The SMILES string of the molecule is Cc1ccc(NC(=O)c2ccc(NC3=C(Cl)C(=O)N(c4cc(Cl)ccc4Cl)C3=O)cc2)cc1. The van der Waals surface area contributed by atoms with Crippen LogP contribution in [0.15, 0.2) is 77.5 Å². The summed E-state index contributed by atoms with van der Waals surface area (Å²) in [5, 5.41) is 5.88. The predicted octanol–water partition coefficient (Wildman–Crippen LogP) is 5.99. The van der Waals surface area contributed by atoms with Crippen LogP contribution in [0.25, 0.3) is 0 Å². The fourth-order valence-corrected chi connectivity index (χ4v) is 3.76. The van der Waals surface area contributed by atoms with Gasteiger partial charge in [0.25, 0.3) is 17.7 Å². The maximum Gasteiger partial charge on any atom is 0.283 e. The molecule has 0 fully saturated rings. The number of anilines is 3. The average Bonchev–Trinajstić information content (AvgIpc) is 3.00. The number of amides is 3. The lowest BCUT2D eigenvalue weighted by Gasteiger charge is -2.17. The average molecular weight is 501 g/mol. The molecule has 1 heterocycles. The summed E-state index contributed by atoms with van der Waals surface area (Å²) in [4.78, 5) is 38.9. The van der Waals surface area contributed by atoms with Crippen molar-refractivity contribution in [2.45, 2.75) is 6.92 Å². The maximum atomic E-state index is 12.9. The van der Waals surface area contributed by atoms with Gasteiger partial charge < -0.3 is 10.6 Å². The van der Waals surface area contributed by atoms with E-state index in [1.165, 1.54) is 12.1 Å². The highest BCUT2D eigenvalue weighted by atomic mass is 35.5. The Labute approximate surface area is 204 Å². The fourth-order valence-electron chi connectivity index (χ4n) is 3.18. The van der Waals surface area contributed by atoms with Gasteiger partial charge in [-0.1, -0.05) is 52.5 Å². The van der Waals surface area contributed by atoms with Crippen LogP contribution in [0.5, 0.6) is 0 Å². The summed E-state index contributed by atoms with van der Waals surface area (Å²) in [6, 6.07) is 18.3. The second-order valence-corrected chi connectivity index (χ2v) is 8.47. The first-order chi connectivity index (χ1) is 15.7. The van der Waals surface area contributed by atoms with Crippen molar-refractivity contribution in [3.05, 3.63) is 98.6 Å². The quantitative estimate of drug-likeness (QED) is 0.422. The molecule has 166 valence electrons. The van der Waals surface area contributed by atoms with Crippen LogP contribution in [-0.4, -0.2) is 17.7 Å². The largest absolute Gasteiger partial charge is 0.350 e. The number of benzene rings is 3. The summed E-state index contributed by atoms with van der Waals surface area (Å²) in [7, 11) is 0. The van der Waals surface area contributed by atoms with E-state index in [0.717, 1.165) is 10.5 Å². The van der Waals surface area contributed by atoms with Gasteiger partial charge in [-0.3, -0.25) is 14.4 Å². The molecule has 0 atom stereocenters. The van der Waals surface area contributed by atoms with Crippen LogP contribution in [0, 0.1) is 6.92 Å². The Kier molecular flexibility index (Phi) is 6.42. The first-order valence-corrected chi connectivity index (χ1v) is 10.9. The number of hydrogen-bond donors (Lipinski definition) is 2. The number of imide groups is 1. The van der Waals surface area contributed by atoms with Gasteiger partial charge >= 0.3 is 0 Å². The van der Waals surface area contributed by atoms with E-state index in [1.54, 1.807) is 30.3 Å². The second kappa shape index (κ2) is 9.27. The maximum absolute atomic E-state index is 12.9. The van der Waals surface area contributed by atoms with Crippen LogP contribution in [-0.2, 0) is 9.59 Å². The molecule has 6 nitrogen and oxygen atoms in total. The Morgan fingerprint density at radius 3 is 2.12 bits per heavy atom. The zero-order valence-corrected chi connectivity index (χ0v) is 19.4. The van der Waals surface area contributed by atoms with Gasteiger partial charge in [0, 0.05) is 22.0 Å². The van der Waals surface area contributed by atoms with E-state index < -0.39 is 11.8 Å². The molecule has 1 aliphatic rings. The lowest BCUT2D eigenvalue weighted by atomic mass is 10.1. The van der Waals surface area contributed by atoms with Crippen molar-refractivity contribution >= 4 is 69.6 Å². The van der Waals surface area contributed by atoms with Crippen LogP contribution in [0.4, 0.5) is 17.1 Å². The van der Waals surface area contributed by atoms with Crippen LogP contribution in [0.2, 0.25) is 10.0 Å². The molecule has 0 saturated carbocycles. The molecular weight excluding hydrogens is 485 g/mol. The van der Waals surface area contributed by atoms with Crippen LogP contribution in [0.1, 0.15) is 15.9 Å². The number of hydrogen-bond acceptors (Lipinski definition) is 4. The first-order valence-electron chi connectivity index (χ1n) is 9.73. The van der Waals surface area contributed by atoms with E-state index in [1.807, 2.05) is 31.2 Å². The lowest BCUT2D eigenvalue weighted by Crippen LogP contribution is -2.32. The van der Waals surface area contributed by atoms with Gasteiger partial charge in [-0.15, -0.1) is 0 Å². The third kappa shape index (κ3) is 4.73. The van der Waals surface area contributed by atoms with Crippen LogP contribution in [0.3, 0.4) is 0 Å². The van der Waals surface area contributed by atoms with Crippen LogP contribution >= 0.6 is 34.8 Å². The van der Waals surface area contributed by atoms with Crippen LogP contribution < -0.4 is 15.5 Å². The number of halogens is 3. The van der Waals surface area contributed by atoms with E-state index >= 15 is 0 Å². The van der Waals surface area contributed by atoms with Crippen molar-refractivity contribution in [1.29, 1.82) is 0 Å². The first kappa shape index (κ1) is 22.9. The van der Waals surface area contributed by atoms with Crippen molar-refractivity contribution in [2.24, 2.45) is 0 Å². The van der Waals surface area contributed by atoms with E-state index in [4.69, 9.17) is 34.8 Å². The monoisotopic (exact) mass is 499 g/mol. The molecule has 3 aromatic carbocycles. The van der Waals surface area contributed by atoms with Gasteiger partial charge in [-0.2, -0.15) is 0 Å². The zero-order chi connectivity index (χ0) is 23.7. The highest BCUT2D eigenvalue weighted by Gasteiger charge is 2.40. The van der Waals surface area contributed by atoms with Gasteiger partial charge in [0.1, 0.15) is 10.7 Å². The number of rotatable bonds is 5. The summed E-state index contributed by atoms with van der Waals surface area (Å²) >= 11 is 18.3. The molecule has 0 bridgehead atoms. The third-order valence-electron chi connectivity index (χ3n) is 4.90. The number of nitrogens with zero attached hydrogens (tertiary/aromatic N) is 1. The molecule has 33 heavy (non-hydrogen) atoms. The standard InChI is InChI=1S/C24H16Cl3N3O3/c1-13-2-7-17(8-3-13)29-22(31)14-4-9-16(10-5-14)28-21-20(27)23(32)30(24(21)33)19-12-15(25)6-11-18(19)26/h2-12,28H,1H3,(H,29,31). The van der Waals surface area contributed by atoms with Gasteiger partial charge in [0.15, 0.2) is 0 Å². The van der Waals surface area contributed by atoms with Gasteiger partial charge in [0.2, 0.25) is 0 Å². The van der Waals surface area contributed by atoms with E-state index in [2.05, 4.69) is 10.6 Å². The smallest absolute Gasteiger partial charge is 0.283 e. The Balaban J connectivity index is 1.50. The van der Waals surface area contributed by atoms with E-state index in [9.17, 15) is 14.4 Å². The fraction of sp³-hybridized carbons (Fsp3) is 0.0417. The molecule has 4 rings (SSSR count). The molecule has 0 unspecified atom stereocenters. The van der Waals surface area contributed by atoms with Crippen molar-refractivity contribution in [2.75, 3.05) is 15.5 Å². The normalized spacial score (nSPS) is 13.5. The highest BCUT2D eigenvalue weighted by molar-refractivity contribution is 6.54. The van der Waals surface area contributed by atoms with Gasteiger partial charge in [-0.25, -0.2) is 4.90 Å². The molecule has 9 heteroatoms. The highest BCUT2D eigenvalue weighted by Crippen LogP contribution is 2.35. The van der Waals surface area contributed by atoms with E-state index in [-0.39, 0.29) is 27.3 Å². The summed E-state index contributed by atoms with van der Waals surface area (Å²) in [6.45, 7) is 1.96. The summed E-state index contributed by atoms with van der Waals surface area (Å²) in [6.07, 6.45) is 0. The Hall–Kier alpha value is -3.32. The topological polar surface area (TPSA) is 78.5 Å². The Bertz CT molecular complexity index is 1300. The summed E-state index contributed by atoms with van der Waals surface area (Å²) in [5.74, 6) is -1.67. The Morgan fingerprint density at radius 2 is 1.45 bits per heavy atom. The van der Waals surface area contributed by atoms with Crippen molar-refractivity contribution < 1.29 is 14.4 Å². The third-order valence-corrected chi connectivity index (χ3v) is 5.81. The molecule has 0 saturated heterocycles. The zero-order valence-electron chi connectivity index (χ0n) is 17.2. The molecule has 3 aromatic rings. The number of carbonyl (C=O) groups is 3. The molecular formula is C24H16Cl3N3O3. The van der Waals surface area contributed by atoms with Crippen molar-refractivity contribution in [3.8, 4) is 0 Å². The van der Waals surface area contributed by atoms with Crippen molar-refractivity contribution in [3.63, 3.8) is 0 Å². The molecule has 0 aromatic heterocycles. The predicted molar refractivity (Wildman–Crippen MR) is 131 cm³/mol. The molecule has 2 N–H and O–H groups in total. The van der Waals surface area contributed by atoms with E-state index in [0.29, 0.717) is 22.0 Å². The minimum atomic E-state index is -0.720. The molecule has 0 aliphatic carbocycles. The minimum absolute atomic E-state index is 0.102. The number of carbonyl (C=O) groups excluding carboxylic acids is 3. The number of nitrogens with one attached hydrogen (secondary N) is 2. The summed E-state index contributed by atoms with van der Waals surface area (Å²) < 4.78 is 0. The van der Waals surface area contributed by atoms with Gasteiger partial charge in [0.05, 0.1) is 10.7 Å². The molecule has 1 aliphatic heterocycles. The molecule has 0 radical (unpaired) electrons. The Morgan fingerprint density at radius 1 is 0.818 bits per heavy atom. The molecule has 0 spiro atoms. The van der Waals surface area contributed by atoms with Crippen molar-refractivity contribution in [1.82, 2.24) is 0 Å². The lowest BCUT2D eigenvalue weighted by molar-refractivity contribution is -0.120.